The van der Waals surface area contributed by atoms with Crippen LogP contribution in [0.25, 0.3) is 0 Å². The molecule has 6 nitrogen and oxygen atoms in total. The van der Waals surface area contributed by atoms with E-state index < -0.39 is 9.84 Å². The van der Waals surface area contributed by atoms with Crippen molar-refractivity contribution in [1.82, 2.24) is 10.2 Å². The van der Waals surface area contributed by atoms with Gasteiger partial charge in [0.25, 0.3) is 5.91 Å². The van der Waals surface area contributed by atoms with Crippen LogP contribution in [-0.2, 0) is 15.6 Å². The first-order valence-electron chi connectivity index (χ1n) is 5.91. The van der Waals surface area contributed by atoms with Gasteiger partial charge in [-0.1, -0.05) is 23.7 Å². The molecule has 110 valence electrons. The fourth-order valence-electron chi connectivity index (χ4n) is 1.63. The predicted octanol–water partition coefficient (Wildman–Crippen LogP) is 1.93. The SMILES string of the molecule is CS(=O)(=O)Cc1ccc(C(=O)Nc2ccc(Cl)nn2)cc1. The summed E-state index contributed by atoms with van der Waals surface area (Å²) in [7, 11) is -3.09. The molecular weight excluding hydrogens is 314 g/mol. The Morgan fingerprint density at radius 2 is 1.81 bits per heavy atom. The topological polar surface area (TPSA) is 89.0 Å². The summed E-state index contributed by atoms with van der Waals surface area (Å²) in [6, 6.07) is 9.36. The summed E-state index contributed by atoms with van der Waals surface area (Å²) >= 11 is 5.60. The molecule has 0 aliphatic rings. The third-order valence-corrected chi connectivity index (χ3v) is 3.58. The molecule has 0 bridgehead atoms. The monoisotopic (exact) mass is 325 g/mol. The van der Waals surface area contributed by atoms with E-state index in [1.54, 1.807) is 24.3 Å². The van der Waals surface area contributed by atoms with Gasteiger partial charge in [-0.3, -0.25) is 4.79 Å². The molecule has 2 rings (SSSR count). The van der Waals surface area contributed by atoms with Crippen LogP contribution >= 0.6 is 11.6 Å². The van der Waals surface area contributed by atoms with E-state index in [-0.39, 0.29) is 22.6 Å². The number of aromatic nitrogens is 2. The van der Waals surface area contributed by atoms with Crippen LogP contribution in [0, 0.1) is 0 Å². The van der Waals surface area contributed by atoms with Crippen molar-refractivity contribution in [3.63, 3.8) is 0 Å². The van der Waals surface area contributed by atoms with Gasteiger partial charge in [0.1, 0.15) is 0 Å². The third-order valence-electron chi connectivity index (χ3n) is 2.52. The van der Waals surface area contributed by atoms with E-state index in [0.717, 1.165) is 6.26 Å². The van der Waals surface area contributed by atoms with Gasteiger partial charge in [0, 0.05) is 11.8 Å². The number of anilines is 1. The smallest absolute Gasteiger partial charge is 0.256 e. The van der Waals surface area contributed by atoms with Crippen molar-refractivity contribution in [3.8, 4) is 0 Å². The summed E-state index contributed by atoms with van der Waals surface area (Å²) in [6.45, 7) is 0. The number of hydrogen-bond acceptors (Lipinski definition) is 5. The summed E-state index contributed by atoms with van der Waals surface area (Å²) in [6.07, 6.45) is 1.16. The van der Waals surface area contributed by atoms with Crippen molar-refractivity contribution in [2.45, 2.75) is 5.75 Å². The minimum Gasteiger partial charge on any atom is -0.305 e. The van der Waals surface area contributed by atoms with Gasteiger partial charge in [-0.25, -0.2) is 8.42 Å². The standard InChI is InChI=1S/C13H12ClN3O3S/c1-21(19,20)8-9-2-4-10(5-3-9)13(18)15-12-7-6-11(14)16-17-12/h2-7H,8H2,1H3,(H,15,17,18). The number of benzene rings is 1. The molecule has 1 N–H and O–H groups in total. The van der Waals surface area contributed by atoms with Gasteiger partial charge in [0.2, 0.25) is 0 Å². The molecule has 0 aliphatic carbocycles. The average molecular weight is 326 g/mol. The van der Waals surface area contributed by atoms with E-state index in [2.05, 4.69) is 15.5 Å². The number of amides is 1. The highest BCUT2D eigenvalue weighted by molar-refractivity contribution is 7.89. The summed E-state index contributed by atoms with van der Waals surface area (Å²) in [5, 5.41) is 10.1. The first kappa shape index (κ1) is 15.4. The fraction of sp³-hybridized carbons (Fsp3) is 0.154. The Morgan fingerprint density at radius 3 is 2.33 bits per heavy atom. The molecule has 0 atom stereocenters. The minimum atomic E-state index is -3.09. The van der Waals surface area contributed by atoms with Crippen molar-refractivity contribution in [2.24, 2.45) is 0 Å². The van der Waals surface area contributed by atoms with E-state index in [4.69, 9.17) is 11.6 Å². The predicted molar refractivity (Wildman–Crippen MR) is 80.0 cm³/mol. The molecule has 0 saturated heterocycles. The molecule has 1 heterocycles. The largest absolute Gasteiger partial charge is 0.305 e. The van der Waals surface area contributed by atoms with Crippen molar-refractivity contribution in [2.75, 3.05) is 11.6 Å². The molecular formula is C13H12ClN3O3S. The maximum Gasteiger partial charge on any atom is 0.256 e. The van der Waals surface area contributed by atoms with E-state index >= 15 is 0 Å². The zero-order chi connectivity index (χ0) is 15.5. The number of rotatable bonds is 4. The van der Waals surface area contributed by atoms with Crippen LogP contribution in [0.5, 0.6) is 0 Å². The molecule has 0 spiro atoms. The quantitative estimate of drug-likeness (QED) is 0.927. The lowest BCUT2D eigenvalue weighted by atomic mass is 10.1. The van der Waals surface area contributed by atoms with Crippen LogP contribution in [-0.4, -0.2) is 30.8 Å². The molecule has 2 aromatic rings. The highest BCUT2D eigenvalue weighted by Gasteiger charge is 2.09. The molecule has 1 aromatic carbocycles. The summed E-state index contributed by atoms with van der Waals surface area (Å²) in [4.78, 5) is 12.0. The van der Waals surface area contributed by atoms with Gasteiger partial charge < -0.3 is 5.32 Å². The Bertz CT molecular complexity index is 743. The average Bonchev–Trinajstić information content (AvgIpc) is 2.40. The number of halogens is 1. The maximum atomic E-state index is 12.0. The molecule has 1 amide bonds. The second kappa shape index (κ2) is 6.19. The highest BCUT2D eigenvalue weighted by Crippen LogP contribution is 2.11. The summed E-state index contributed by atoms with van der Waals surface area (Å²) in [5.74, 6) is -0.139. The molecule has 0 aliphatic heterocycles. The van der Waals surface area contributed by atoms with Crippen molar-refractivity contribution in [1.29, 1.82) is 0 Å². The van der Waals surface area contributed by atoms with E-state index in [0.29, 0.717) is 11.1 Å². The minimum absolute atomic E-state index is 0.0580. The van der Waals surface area contributed by atoms with Gasteiger partial charge in [-0.05, 0) is 29.8 Å². The van der Waals surface area contributed by atoms with Crippen LogP contribution in [0.15, 0.2) is 36.4 Å². The first-order chi connectivity index (χ1) is 9.83. The molecule has 8 heteroatoms. The first-order valence-corrected chi connectivity index (χ1v) is 8.34. The lowest BCUT2D eigenvalue weighted by molar-refractivity contribution is 0.102. The zero-order valence-electron chi connectivity index (χ0n) is 11.1. The fourth-order valence-corrected chi connectivity index (χ4v) is 2.52. The zero-order valence-corrected chi connectivity index (χ0v) is 12.6. The highest BCUT2D eigenvalue weighted by atomic mass is 35.5. The molecule has 1 aromatic heterocycles. The summed E-state index contributed by atoms with van der Waals surface area (Å²) < 4.78 is 22.4. The van der Waals surface area contributed by atoms with Crippen LogP contribution in [0.1, 0.15) is 15.9 Å². The molecule has 0 radical (unpaired) electrons. The van der Waals surface area contributed by atoms with Crippen LogP contribution in [0.4, 0.5) is 5.82 Å². The van der Waals surface area contributed by atoms with E-state index in [1.807, 2.05) is 0 Å². The molecule has 0 fully saturated rings. The van der Waals surface area contributed by atoms with Gasteiger partial charge in [0.15, 0.2) is 20.8 Å². The van der Waals surface area contributed by atoms with E-state index in [1.165, 1.54) is 12.1 Å². The van der Waals surface area contributed by atoms with Crippen LogP contribution in [0.2, 0.25) is 5.15 Å². The van der Waals surface area contributed by atoms with Gasteiger partial charge in [-0.2, -0.15) is 0 Å². The summed E-state index contributed by atoms with van der Waals surface area (Å²) in [5.41, 5.74) is 1.02. The molecule has 0 unspecified atom stereocenters. The van der Waals surface area contributed by atoms with Crippen LogP contribution < -0.4 is 5.32 Å². The number of carbonyl (C=O) groups excluding carboxylic acids is 1. The second-order valence-electron chi connectivity index (χ2n) is 4.46. The van der Waals surface area contributed by atoms with Gasteiger partial charge in [0.05, 0.1) is 5.75 Å². The molecule has 0 saturated carbocycles. The van der Waals surface area contributed by atoms with Gasteiger partial charge >= 0.3 is 0 Å². The Balaban J connectivity index is 2.08. The second-order valence-corrected chi connectivity index (χ2v) is 6.99. The third kappa shape index (κ3) is 4.80. The Morgan fingerprint density at radius 1 is 1.14 bits per heavy atom. The van der Waals surface area contributed by atoms with Crippen molar-refractivity contribution < 1.29 is 13.2 Å². The number of sulfone groups is 1. The lowest BCUT2D eigenvalue weighted by Gasteiger charge is -2.05. The van der Waals surface area contributed by atoms with E-state index in [9.17, 15) is 13.2 Å². The normalized spacial score (nSPS) is 11.1. The number of carbonyl (C=O) groups is 1. The number of nitrogens with zero attached hydrogens (tertiary/aromatic N) is 2. The number of hydrogen-bond donors (Lipinski definition) is 1. The van der Waals surface area contributed by atoms with Crippen molar-refractivity contribution >= 4 is 33.2 Å². The molecule has 21 heavy (non-hydrogen) atoms. The number of nitrogens with one attached hydrogen (secondary N) is 1. The Labute approximate surface area is 127 Å². The van der Waals surface area contributed by atoms with Crippen molar-refractivity contribution in [3.05, 3.63) is 52.7 Å². The maximum absolute atomic E-state index is 12.0. The Kier molecular flexibility index (Phi) is 4.54. The van der Waals surface area contributed by atoms with Gasteiger partial charge in [-0.15, -0.1) is 10.2 Å². The van der Waals surface area contributed by atoms with Crippen LogP contribution in [0.3, 0.4) is 0 Å². The Hall–Kier alpha value is -1.99. The lowest BCUT2D eigenvalue weighted by Crippen LogP contribution is -2.13.